The van der Waals surface area contributed by atoms with E-state index in [0.717, 1.165) is 30.8 Å². The first-order chi connectivity index (χ1) is 7.58. The molecule has 0 unspecified atom stereocenters. The summed E-state index contributed by atoms with van der Waals surface area (Å²) in [6.07, 6.45) is 5.52. The molecule has 1 aliphatic heterocycles. The third kappa shape index (κ3) is 1.85. The number of hydrogen-bond donors (Lipinski definition) is 0. The summed E-state index contributed by atoms with van der Waals surface area (Å²) in [6, 6.07) is 0. The highest BCUT2D eigenvalue weighted by atomic mass is 16.7. The SMILES string of the molecule is CC/C(C)=C1/OC2(CCCC2)OC1=C(C)C. The number of hydrogen-bond acceptors (Lipinski definition) is 2. The molecule has 2 aliphatic rings. The summed E-state index contributed by atoms with van der Waals surface area (Å²) in [4.78, 5) is 0. The molecule has 1 saturated carbocycles. The minimum atomic E-state index is -0.321. The van der Waals surface area contributed by atoms with Crippen molar-refractivity contribution in [2.45, 2.75) is 65.6 Å². The van der Waals surface area contributed by atoms with E-state index in [9.17, 15) is 0 Å². The second kappa shape index (κ2) is 4.15. The molecule has 0 aromatic heterocycles. The molecule has 0 amide bonds. The van der Waals surface area contributed by atoms with Crippen molar-refractivity contribution in [3.63, 3.8) is 0 Å². The van der Waals surface area contributed by atoms with E-state index in [1.807, 2.05) is 0 Å². The van der Waals surface area contributed by atoms with Crippen molar-refractivity contribution in [2.75, 3.05) is 0 Å². The number of rotatable bonds is 1. The molecule has 2 nitrogen and oxygen atoms in total. The van der Waals surface area contributed by atoms with Crippen LogP contribution in [0.15, 0.2) is 22.7 Å². The molecule has 0 atom stereocenters. The summed E-state index contributed by atoms with van der Waals surface area (Å²) in [7, 11) is 0. The van der Waals surface area contributed by atoms with E-state index in [1.165, 1.54) is 24.0 Å². The normalized spacial score (nSPS) is 25.6. The van der Waals surface area contributed by atoms with Gasteiger partial charge in [0, 0.05) is 12.8 Å². The predicted octanol–water partition coefficient (Wildman–Crippen LogP) is 4.28. The highest BCUT2D eigenvalue weighted by Crippen LogP contribution is 2.46. The number of allylic oxidation sites excluding steroid dienone is 2. The fourth-order valence-electron chi connectivity index (χ4n) is 2.37. The molecule has 2 rings (SSSR count). The molecular formula is C14H22O2. The zero-order valence-electron chi connectivity index (χ0n) is 10.9. The van der Waals surface area contributed by atoms with Gasteiger partial charge >= 0.3 is 0 Å². The fraction of sp³-hybridized carbons (Fsp3) is 0.714. The fourth-order valence-corrected chi connectivity index (χ4v) is 2.37. The van der Waals surface area contributed by atoms with Crippen molar-refractivity contribution in [3.05, 3.63) is 22.7 Å². The van der Waals surface area contributed by atoms with Crippen molar-refractivity contribution >= 4 is 0 Å². The lowest BCUT2D eigenvalue weighted by Crippen LogP contribution is -2.24. The monoisotopic (exact) mass is 222 g/mol. The Labute approximate surface area is 98.3 Å². The second-order valence-electron chi connectivity index (χ2n) is 5.11. The summed E-state index contributed by atoms with van der Waals surface area (Å²) in [5, 5.41) is 0. The van der Waals surface area contributed by atoms with E-state index in [4.69, 9.17) is 9.47 Å². The molecule has 1 saturated heterocycles. The Morgan fingerprint density at radius 1 is 1.06 bits per heavy atom. The summed E-state index contributed by atoms with van der Waals surface area (Å²) in [5.74, 6) is 1.67. The highest BCUT2D eigenvalue weighted by Gasteiger charge is 2.46. The Morgan fingerprint density at radius 2 is 1.62 bits per heavy atom. The molecule has 2 fully saturated rings. The molecule has 0 bridgehead atoms. The van der Waals surface area contributed by atoms with Gasteiger partial charge in [0.25, 0.3) is 5.79 Å². The lowest BCUT2D eigenvalue weighted by molar-refractivity contribution is -0.130. The Morgan fingerprint density at radius 3 is 2.12 bits per heavy atom. The van der Waals surface area contributed by atoms with E-state index in [2.05, 4.69) is 27.7 Å². The zero-order chi connectivity index (χ0) is 11.8. The molecule has 0 aromatic carbocycles. The molecule has 0 radical (unpaired) electrons. The Balaban J connectivity index is 2.36. The Kier molecular flexibility index (Phi) is 3.00. The molecule has 1 heterocycles. The van der Waals surface area contributed by atoms with Crippen molar-refractivity contribution in [2.24, 2.45) is 0 Å². The number of ether oxygens (including phenoxy) is 2. The first kappa shape index (κ1) is 11.6. The lowest BCUT2D eigenvalue weighted by atomic mass is 10.1. The van der Waals surface area contributed by atoms with E-state index < -0.39 is 0 Å². The predicted molar refractivity (Wildman–Crippen MR) is 64.7 cm³/mol. The van der Waals surface area contributed by atoms with Crippen LogP contribution in [-0.2, 0) is 9.47 Å². The van der Waals surface area contributed by atoms with Gasteiger partial charge in [0.1, 0.15) is 0 Å². The van der Waals surface area contributed by atoms with Crippen molar-refractivity contribution in [3.8, 4) is 0 Å². The van der Waals surface area contributed by atoms with Crippen LogP contribution in [0.3, 0.4) is 0 Å². The molecule has 0 aromatic rings. The second-order valence-corrected chi connectivity index (χ2v) is 5.11. The van der Waals surface area contributed by atoms with Gasteiger partial charge < -0.3 is 9.47 Å². The maximum Gasteiger partial charge on any atom is 0.251 e. The lowest BCUT2D eigenvalue weighted by Gasteiger charge is -2.20. The van der Waals surface area contributed by atoms with Crippen LogP contribution in [0.1, 0.15) is 59.8 Å². The summed E-state index contributed by atoms with van der Waals surface area (Å²) in [5.41, 5.74) is 2.51. The average Bonchev–Trinajstić information content (AvgIpc) is 2.86. The Bertz CT molecular complexity index is 340. The maximum atomic E-state index is 6.14. The van der Waals surface area contributed by atoms with Crippen molar-refractivity contribution in [1.82, 2.24) is 0 Å². The van der Waals surface area contributed by atoms with Crippen LogP contribution >= 0.6 is 0 Å². The largest absolute Gasteiger partial charge is 0.449 e. The minimum absolute atomic E-state index is 0.321. The third-order valence-corrected chi connectivity index (χ3v) is 3.52. The van der Waals surface area contributed by atoms with E-state index in [-0.39, 0.29) is 5.79 Å². The third-order valence-electron chi connectivity index (χ3n) is 3.52. The van der Waals surface area contributed by atoms with Gasteiger partial charge in [-0.2, -0.15) is 0 Å². The minimum Gasteiger partial charge on any atom is -0.449 e. The molecule has 1 aliphatic carbocycles. The van der Waals surface area contributed by atoms with Crippen LogP contribution in [0.5, 0.6) is 0 Å². The standard InChI is InChI=1S/C14H22O2/c1-5-11(4)13-12(10(2)3)15-14(16-13)8-6-7-9-14/h5-9H2,1-4H3/b13-11+. The van der Waals surface area contributed by atoms with Gasteiger partial charge in [-0.1, -0.05) is 6.92 Å². The van der Waals surface area contributed by atoms with Gasteiger partial charge in [-0.05, 0) is 51.2 Å². The zero-order valence-corrected chi connectivity index (χ0v) is 10.9. The van der Waals surface area contributed by atoms with Gasteiger partial charge in [-0.3, -0.25) is 0 Å². The molecule has 1 spiro atoms. The van der Waals surface area contributed by atoms with Gasteiger partial charge in [-0.15, -0.1) is 0 Å². The topological polar surface area (TPSA) is 18.5 Å². The van der Waals surface area contributed by atoms with E-state index in [1.54, 1.807) is 0 Å². The quantitative estimate of drug-likeness (QED) is 0.659. The summed E-state index contributed by atoms with van der Waals surface area (Å²) >= 11 is 0. The van der Waals surface area contributed by atoms with Crippen molar-refractivity contribution < 1.29 is 9.47 Å². The van der Waals surface area contributed by atoms with Gasteiger partial charge in [0.2, 0.25) is 0 Å². The first-order valence-electron chi connectivity index (χ1n) is 6.33. The molecule has 0 N–H and O–H groups in total. The van der Waals surface area contributed by atoms with Gasteiger partial charge in [0.05, 0.1) is 0 Å². The smallest absolute Gasteiger partial charge is 0.251 e. The average molecular weight is 222 g/mol. The van der Waals surface area contributed by atoms with Crippen LogP contribution in [0.2, 0.25) is 0 Å². The molecule has 90 valence electrons. The van der Waals surface area contributed by atoms with E-state index >= 15 is 0 Å². The van der Waals surface area contributed by atoms with E-state index in [0.29, 0.717) is 0 Å². The first-order valence-corrected chi connectivity index (χ1v) is 6.33. The van der Waals surface area contributed by atoms with Gasteiger partial charge in [-0.25, -0.2) is 0 Å². The van der Waals surface area contributed by atoms with Crippen LogP contribution in [0.25, 0.3) is 0 Å². The Hall–Kier alpha value is -0.920. The molecular weight excluding hydrogens is 200 g/mol. The van der Waals surface area contributed by atoms with Crippen LogP contribution in [0.4, 0.5) is 0 Å². The summed E-state index contributed by atoms with van der Waals surface area (Å²) < 4.78 is 12.2. The highest BCUT2D eigenvalue weighted by molar-refractivity contribution is 5.32. The van der Waals surface area contributed by atoms with Crippen molar-refractivity contribution in [1.29, 1.82) is 0 Å². The maximum absolute atomic E-state index is 6.14. The van der Waals surface area contributed by atoms with Crippen LogP contribution in [-0.4, -0.2) is 5.79 Å². The summed E-state index contributed by atoms with van der Waals surface area (Å²) in [6.45, 7) is 8.48. The molecule has 2 heteroatoms. The van der Waals surface area contributed by atoms with Crippen LogP contribution in [0, 0.1) is 0 Å². The molecule has 16 heavy (non-hydrogen) atoms. The van der Waals surface area contributed by atoms with Gasteiger partial charge in [0.15, 0.2) is 11.5 Å². The van der Waals surface area contributed by atoms with Crippen LogP contribution < -0.4 is 0 Å².